The Morgan fingerprint density at radius 3 is 2.39 bits per heavy atom. The van der Waals surface area contributed by atoms with Crippen LogP contribution in [0.25, 0.3) is 0 Å². The lowest BCUT2D eigenvalue weighted by Gasteiger charge is -2.28. The van der Waals surface area contributed by atoms with Crippen molar-refractivity contribution in [3.8, 4) is 0 Å². The number of nitrogens with zero attached hydrogens (tertiary/aromatic N) is 1. The highest BCUT2D eigenvalue weighted by molar-refractivity contribution is 7.98. The van der Waals surface area contributed by atoms with Gasteiger partial charge in [0, 0.05) is 18.0 Å². The Morgan fingerprint density at radius 1 is 1.22 bits per heavy atom. The molecule has 0 aromatic heterocycles. The molecular weight excluding hydrogens is 242 g/mol. The molecule has 18 heavy (non-hydrogen) atoms. The summed E-state index contributed by atoms with van der Waals surface area (Å²) >= 11 is 1.77. The molecule has 1 N–H and O–H groups in total. The van der Waals surface area contributed by atoms with E-state index in [1.54, 1.807) is 11.8 Å². The van der Waals surface area contributed by atoms with E-state index in [1.807, 2.05) is 0 Å². The molecule has 0 radical (unpaired) electrons. The summed E-state index contributed by atoms with van der Waals surface area (Å²) in [6.07, 6.45) is 6.36. The van der Waals surface area contributed by atoms with Crippen molar-refractivity contribution in [2.24, 2.45) is 0 Å². The molecule has 1 aliphatic rings. The number of likely N-dealkylation sites (N-methyl/N-ethyl adjacent to an activating group) is 1. The van der Waals surface area contributed by atoms with E-state index in [9.17, 15) is 5.11 Å². The third-order valence-corrected chi connectivity index (χ3v) is 4.45. The Hall–Kier alpha value is -0.510. The number of rotatable bonds is 5. The minimum Gasteiger partial charge on any atom is -0.389 e. The Morgan fingerprint density at radius 2 is 1.83 bits per heavy atom. The maximum atomic E-state index is 10.4. The lowest BCUT2D eigenvalue weighted by molar-refractivity contribution is 0.0145. The molecule has 2 nitrogen and oxygen atoms in total. The zero-order chi connectivity index (χ0) is 13.0. The summed E-state index contributed by atoms with van der Waals surface area (Å²) in [5.74, 6) is 0. The Balaban J connectivity index is 1.88. The molecule has 0 saturated heterocycles. The first kappa shape index (κ1) is 13.9. The van der Waals surface area contributed by atoms with Crippen LogP contribution >= 0.6 is 11.8 Å². The van der Waals surface area contributed by atoms with Gasteiger partial charge in [-0.1, -0.05) is 25.0 Å². The highest BCUT2D eigenvalue weighted by Crippen LogP contribution is 2.30. The quantitative estimate of drug-likeness (QED) is 0.827. The second kappa shape index (κ2) is 6.09. The summed E-state index contributed by atoms with van der Waals surface area (Å²) < 4.78 is 0. The van der Waals surface area contributed by atoms with Crippen LogP contribution in [-0.4, -0.2) is 35.5 Å². The fourth-order valence-corrected chi connectivity index (χ4v) is 3.20. The molecule has 0 spiro atoms. The molecular formula is C15H23NOS. The van der Waals surface area contributed by atoms with Crippen molar-refractivity contribution >= 4 is 11.8 Å². The number of aliphatic hydroxyl groups is 1. The molecule has 3 heteroatoms. The highest BCUT2D eigenvalue weighted by Gasteiger charge is 2.31. The summed E-state index contributed by atoms with van der Waals surface area (Å²) in [5.41, 5.74) is 0.880. The second-order valence-corrected chi connectivity index (χ2v) is 6.33. The van der Waals surface area contributed by atoms with Crippen molar-refractivity contribution in [2.45, 2.75) is 42.7 Å². The molecule has 0 atom stereocenters. The number of hydrogen-bond donors (Lipinski definition) is 1. The lowest BCUT2D eigenvalue weighted by atomic mass is 10.0. The first-order chi connectivity index (χ1) is 8.61. The summed E-state index contributed by atoms with van der Waals surface area (Å²) in [4.78, 5) is 3.54. The largest absolute Gasteiger partial charge is 0.389 e. The highest BCUT2D eigenvalue weighted by atomic mass is 32.2. The van der Waals surface area contributed by atoms with Crippen molar-refractivity contribution in [1.82, 2.24) is 4.90 Å². The second-order valence-electron chi connectivity index (χ2n) is 5.45. The topological polar surface area (TPSA) is 23.5 Å². The molecule has 0 heterocycles. The zero-order valence-electron chi connectivity index (χ0n) is 11.4. The van der Waals surface area contributed by atoms with Gasteiger partial charge in [-0.15, -0.1) is 11.8 Å². The maximum Gasteiger partial charge on any atom is 0.0774 e. The van der Waals surface area contributed by atoms with E-state index in [1.165, 1.54) is 23.3 Å². The van der Waals surface area contributed by atoms with Crippen molar-refractivity contribution < 1.29 is 5.11 Å². The van der Waals surface area contributed by atoms with Crippen LogP contribution in [0.4, 0.5) is 0 Å². The summed E-state index contributed by atoms with van der Waals surface area (Å²) in [6, 6.07) is 8.69. The van der Waals surface area contributed by atoms with E-state index in [-0.39, 0.29) is 0 Å². The van der Waals surface area contributed by atoms with Crippen molar-refractivity contribution in [3.05, 3.63) is 29.8 Å². The first-order valence-corrected chi connectivity index (χ1v) is 7.88. The van der Waals surface area contributed by atoms with Gasteiger partial charge >= 0.3 is 0 Å². The fraction of sp³-hybridized carbons (Fsp3) is 0.600. The number of thioether (sulfide) groups is 1. The molecule has 0 amide bonds. The van der Waals surface area contributed by atoms with E-state index < -0.39 is 5.60 Å². The van der Waals surface area contributed by atoms with Crippen molar-refractivity contribution in [3.63, 3.8) is 0 Å². The third kappa shape index (κ3) is 3.74. The minimum atomic E-state index is -0.437. The molecule has 0 bridgehead atoms. The van der Waals surface area contributed by atoms with Crippen LogP contribution in [0, 0.1) is 0 Å². The smallest absolute Gasteiger partial charge is 0.0774 e. The molecule has 0 aliphatic heterocycles. The van der Waals surface area contributed by atoms with Crippen molar-refractivity contribution in [1.29, 1.82) is 0 Å². The Kier molecular flexibility index (Phi) is 4.71. The molecule has 1 fully saturated rings. The van der Waals surface area contributed by atoms with Gasteiger partial charge in [0.1, 0.15) is 0 Å². The Labute approximate surface area is 114 Å². The maximum absolute atomic E-state index is 10.4. The van der Waals surface area contributed by atoms with Gasteiger partial charge in [0.15, 0.2) is 0 Å². The summed E-state index contributed by atoms with van der Waals surface area (Å²) in [5, 5.41) is 10.4. The van der Waals surface area contributed by atoms with Crippen LogP contribution < -0.4 is 0 Å². The molecule has 1 aromatic rings. The standard InChI is InChI=1S/C15H23NOS/c1-16(12-15(17)9-3-4-10-15)11-13-5-7-14(18-2)8-6-13/h5-8,17H,3-4,9-12H2,1-2H3. The SMILES string of the molecule is CSc1ccc(CN(C)CC2(O)CCCC2)cc1. The van der Waals surface area contributed by atoms with E-state index in [0.717, 1.165) is 25.9 Å². The monoisotopic (exact) mass is 265 g/mol. The van der Waals surface area contributed by atoms with Gasteiger partial charge in [-0.25, -0.2) is 0 Å². The van der Waals surface area contributed by atoms with E-state index in [2.05, 4.69) is 42.5 Å². The van der Waals surface area contributed by atoms with Crippen LogP contribution in [0.1, 0.15) is 31.2 Å². The first-order valence-electron chi connectivity index (χ1n) is 6.65. The molecule has 1 saturated carbocycles. The van der Waals surface area contributed by atoms with Gasteiger partial charge in [0.2, 0.25) is 0 Å². The van der Waals surface area contributed by atoms with Gasteiger partial charge in [0.25, 0.3) is 0 Å². The van der Waals surface area contributed by atoms with Crippen LogP contribution in [0.2, 0.25) is 0 Å². The predicted octanol–water partition coefficient (Wildman–Crippen LogP) is 3.15. The van der Waals surface area contributed by atoms with Gasteiger partial charge in [-0.2, -0.15) is 0 Å². The molecule has 1 aliphatic carbocycles. The van der Waals surface area contributed by atoms with Crippen LogP contribution in [0.3, 0.4) is 0 Å². The molecule has 0 unspecified atom stereocenters. The number of benzene rings is 1. The average Bonchev–Trinajstić information content (AvgIpc) is 2.76. The van der Waals surface area contributed by atoms with Gasteiger partial charge in [0.05, 0.1) is 5.60 Å². The summed E-state index contributed by atoms with van der Waals surface area (Å²) in [6.45, 7) is 1.70. The zero-order valence-corrected chi connectivity index (χ0v) is 12.2. The molecule has 1 aromatic carbocycles. The third-order valence-electron chi connectivity index (χ3n) is 3.71. The number of hydrogen-bond acceptors (Lipinski definition) is 3. The predicted molar refractivity (Wildman–Crippen MR) is 78.0 cm³/mol. The van der Waals surface area contributed by atoms with Crippen LogP contribution in [0.5, 0.6) is 0 Å². The fourth-order valence-electron chi connectivity index (χ4n) is 2.79. The van der Waals surface area contributed by atoms with Gasteiger partial charge < -0.3 is 5.11 Å². The normalized spacial score (nSPS) is 18.4. The summed E-state index contributed by atoms with van der Waals surface area (Å²) in [7, 11) is 2.10. The Bertz CT molecular complexity index is 371. The van der Waals surface area contributed by atoms with E-state index in [4.69, 9.17) is 0 Å². The van der Waals surface area contributed by atoms with Gasteiger partial charge in [-0.3, -0.25) is 4.90 Å². The average molecular weight is 265 g/mol. The van der Waals surface area contributed by atoms with Crippen LogP contribution in [-0.2, 0) is 6.54 Å². The van der Waals surface area contributed by atoms with E-state index in [0.29, 0.717) is 0 Å². The molecule has 2 rings (SSSR count). The molecule has 100 valence electrons. The van der Waals surface area contributed by atoms with Gasteiger partial charge in [-0.05, 0) is 43.8 Å². The van der Waals surface area contributed by atoms with E-state index >= 15 is 0 Å². The minimum absolute atomic E-state index is 0.437. The van der Waals surface area contributed by atoms with Crippen LogP contribution in [0.15, 0.2) is 29.2 Å². The lowest BCUT2D eigenvalue weighted by Crippen LogP contribution is -2.38. The van der Waals surface area contributed by atoms with Crippen molar-refractivity contribution in [2.75, 3.05) is 19.8 Å².